The monoisotopic (exact) mass is 363 g/mol. The molecule has 0 aromatic carbocycles. The second-order valence-corrected chi connectivity index (χ2v) is 8.60. The van der Waals surface area contributed by atoms with Crippen LogP contribution in [0, 0.1) is 11.8 Å². The van der Waals surface area contributed by atoms with Gasteiger partial charge in [0.15, 0.2) is 0 Å². The Morgan fingerprint density at radius 1 is 1.12 bits per heavy atom. The quantitative estimate of drug-likeness (QED) is 0.749. The van der Waals surface area contributed by atoms with Crippen LogP contribution < -0.4 is 0 Å². The van der Waals surface area contributed by atoms with Gasteiger partial charge in [-0.3, -0.25) is 14.4 Å². The topological polar surface area (TPSA) is 60.9 Å². The van der Waals surface area contributed by atoms with Crippen LogP contribution in [0.4, 0.5) is 0 Å². The highest BCUT2D eigenvalue weighted by Crippen LogP contribution is 2.29. The molecule has 3 amide bonds. The molecule has 0 radical (unpaired) electrons. The van der Waals surface area contributed by atoms with Gasteiger partial charge in [-0.2, -0.15) is 0 Å². The average molecular weight is 364 g/mol. The number of carbonyl (C=O) groups excluding carboxylic acids is 3. The summed E-state index contributed by atoms with van der Waals surface area (Å²) in [5.41, 5.74) is 0. The number of rotatable bonds is 5. The van der Waals surface area contributed by atoms with E-state index in [4.69, 9.17) is 0 Å². The zero-order valence-electron chi connectivity index (χ0n) is 16.3. The van der Waals surface area contributed by atoms with Crippen LogP contribution in [0.3, 0.4) is 0 Å². The van der Waals surface area contributed by atoms with Crippen molar-refractivity contribution < 1.29 is 14.4 Å². The lowest BCUT2D eigenvalue weighted by molar-refractivity contribution is -0.156. The molecule has 26 heavy (non-hydrogen) atoms. The normalized spacial score (nSPS) is 25.0. The van der Waals surface area contributed by atoms with Crippen molar-refractivity contribution in [1.82, 2.24) is 14.7 Å². The van der Waals surface area contributed by atoms with Gasteiger partial charge in [0.25, 0.3) is 0 Å². The summed E-state index contributed by atoms with van der Waals surface area (Å²) in [6, 6.07) is -0.493. The first-order valence-corrected chi connectivity index (χ1v) is 10.3. The highest BCUT2D eigenvalue weighted by molar-refractivity contribution is 5.95. The van der Waals surface area contributed by atoms with Gasteiger partial charge in [0.05, 0.1) is 13.1 Å². The molecule has 2 heterocycles. The number of hydrogen-bond donors (Lipinski definition) is 0. The Bertz CT molecular complexity index is 542. The van der Waals surface area contributed by atoms with Crippen LogP contribution in [-0.4, -0.2) is 71.2 Å². The molecule has 1 atom stereocenters. The maximum absolute atomic E-state index is 12.9. The van der Waals surface area contributed by atoms with E-state index in [0.717, 1.165) is 12.8 Å². The molecule has 6 nitrogen and oxygen atoms in total. The fourth-order valence-corrected chi connectivity index (χ4v) is 4.65. The fraction of sp³-hybridized carbons (Fsp3) is 0.850. The molecule has 3 aliphatic rings. The molecule has 0 aromatic heterocycles. The Morgan fingerprint density at radius 2 is 1.85 bits per heavy atom. The second kappa shape index (κ2) is 8.40. The minimum atomic E-state index is -0.493. The molecule has 1 aliphatic carbocycles. The van der Waals surface area contributed by atoms with Crippen molar-refractivity contribution in [3.63, 3.8) is 0 Å². The zero-order valence-corrected chi connectivity index (χ0v) is 16.3. The lowest BCUT2D eigenvalue weighted by atomic mass is 10.0. The highest BCUT2D eigenvalue weighted by Gasteiger charge is 2.42. The summed E-state index contributed by atoms with van der Waals surface area (Å²) in [6.07, 6.45) is 7.39. The van der Waals surface area contributed by atoms with Crippen molar-refractivity contribution in [1.29, 1.82) is 0 Å². The van der Waals surface area contributed by atoms with Crippen molar-refractivity contribution in [2.75, 3.05) is 32.7 Å². The molecular formula is C20H33N3O3. The van der Waals surface area contributed by atoms with Crippen molar-refractivity contribution in [3.8, 4) is 0 Å². The number of amides is 3. The highest BCUT2D eigenvalue weighted by atomic mass is 16.2. The van der Waals surface area contributed by atoms with Gasteiger partial charge in [-0.25, -0.2) is 0 Å². The summed E-state index contributed by atoms with van der Waals surface area (Å²) < 4.78 is 0. The first-order valence-electron chi connectivity index (χ1n) is 10.3. The number of piperazine rings is 1. The van der Waals surface area contributed by atoms with Crippen LogP contribution in [0.15, 0.2) is 0 Å². The Labute approximate surface area is 156 Å². The SMILES string of the molecule is CC(C)CN1CC(=O)N2CCCN(C(=O)CCC3CCCC3)CC2C1=O. The van der Waals surface area contributed by atoms with Gasteiger partial charge in [0, 0.05) is 26.1 Å². The number of fused-ring (bicyclic) bond motifs is 1. The summed E-state index contributed by atoms with van der Waals surface area (Å²) >= 11 is 0. The summed E-state index contributed by atoms with van der Waals surface area (Å²) in [7, 11) is 0. The number of carbonyl (C=O) groups is 3. The fourth-order valence-electron chi connectivity index (χ4n) is 4.65. The van der Waals surface area contributed by atoms with Crippen LogP contribution in [0.5, 0.6) is 0 Å². The zero-order chi connectivity index (χ0) is 18.7. The standard InChI is InChI=1S/C20H33N3O3/c1-15(2)12-22-14-19(25)23-11-5-10-21(13-17(23)20(22)26)18(24)9-8-16-6-3-4-7-16/h15-17H,3-14H2,1-2H3. The Hall–Kier alpha value is -1.59. The minimum absolute atomic E-state index is 0.00814. The first kappa shape index (κ1) is 19.2. The van der Waals surface area contributed by atoms with E-state index >= 15 is 0 Å². The van der Waals surface area contributed by atoms with Crippen LogP contribution in [0.2, 0.25) is 0 Å². The lowest BCUT2D eigenvalue weighted by Gasteiger charge is -2.40. The third-order valence-electron chi connectivity index (χ3n) is 6.02. The Morgan fingerprint density at radius 3 is 2.54 bits per heavy atom. The molecule has 2 aliphatic heterocycles. The van der Waals surface area contributed by atoms with Crippen LogP contribution in [0.25, 0.3) is 0 Å². The van der Waals surface area contributed by atoms with Gasteiger partial charge in [-0.1, -0.05) is 39.5 Å². The van der Waals surface area contributed by atoms with Gasteiger partial charge < -0.3 is 14.7 Å². The molecule has 0 spiro atoms. The predicted octanol–water partition coefficient (Wildman–Crippen LogP) is 1.88. The van der Waals surface area contributed by atoms with Crippen molar-refractivity contribution in [3.05, 3.63) is 0 Å². The van der Waals surface area contributed by atoms with E-state index in [1.54, 1.807) is 9.80 Å². The second-order valence-electron chi connectivity index (χ2n) is 8.60. The van der Waals surface area contributed by atoms with Crippen molar-refractivity contribution in [2.45, 2.75) is 64.8 Å². The molecule has 1 unspecified atom stereocenters. The molecule has 2 saturated heterocycles. The van der Waals surface area contributed by atoms with E-state index in [0.29, 0.717) is 44.4 Å². The van der Waals surface area contributed by atoms with Gasteiger partial charge in [0.2, 0.25) is 17.7 Å². The van der Waals surface area contributed by atoms with Crippen LogP contribution >= 0.6 is 0 Å². The Kier molecular flexibility index (Phi) is 6.20. The van der Waals surface area contributed by atoms with E-state index < -0.39 is 6.04 Å². The lowest BCUT2D eigenvalue weighted by Crippen LogP contribution is -2.62. The smallest absolute Gasteiger partial charge is 0.247 e. The predicted molar refractivity (Wildman–Crippen MR) is 99.3 cm³/mol. The van der Waals surface area contributed by atoms with Gasteiger partial charge >= 0.3 is 0 Å². The molecule has 3 rings (SSSR count). The summed E-state index contributed by atoms with van der Waals surface area (Å²) in [6.45, 7) is 6.49. The summed E-state index contributed by atoms with van der Waals surface area (Å²) in [5.74, 6) is 1.21. The van der Waals surface area contributed by atoms with E-state index in [1.807, 2.05) is 4.90 Å². The maximum atomic E-state index is 12.9. The van der Waals surface area contributed by atoms with E-state index in [9.17, 15) is 14.4 Å². The van der Waals surface area contributed by atoms with Crippen LogP contribution in [-0.2, 0) is 14.4 Å². The van der Waals surface area contributed by atoms with E-state index in [2.05, 4.69) is 13.8 Å². The van der Waals surface area contributed by atoms with Crippen LogP contribution in [0.1, 0.15) is 58.8 Å². The third kappa shape index (κ3) is 4.38. The average Bonchev–Trinajstić information content (AvgIpc) is 3.00. The molecular weight excluding hydrogens is 330 g/mol. The van der Waals surface area contributed by atoms with Gasteiger partial charge in [-0.05, 0) is 24.7 Å². The number of hydrogen-bond acceptors (Lipinski definition) is 3. The molecule has 0 N–H and O–H groups in total. The molecule has 146 valence electrons. The molecule has 6 heteroatoms. The maximum Gasteiger partial charge on any atom is 0.247 e. The molecule has 0 bridgehead atoms. The summed E-state index contributed by atoms with van der Waals surface area (Å²) in [5, 5.41) is 0. The van der Waals surface area contributed by atoms with Crippen molar-refractivity contribution >= 4 is 17.7 Å². The molecule has 1 saturated carbocycles. The Balaban J connectivity index is 1.63. The molecule has 3 fully saturated rings. The van der Waals surface area contributed by atoms with Crippen molar-refractivity contribution in [2.24, 2.45) is 11.8 Å². The molecule has 0 aromatic rings. The summed E-state index contributed by atoms with van der Waals surface area (Å²) in [4.78, 5) is 43.4. The van der Waals surface area contributed by atoms with Gasteiger partial charge in [0.1, 0.15) is 6.04 Å². The first-order chi connectivity index (χ1) is 12.5. The third-order valence-corrected chi connectivity index (χ3v) is 6.02. The van der Waals surface area contributed by atoms with Gasteiger partial charge in [-0.15, -0.1) is 0 Å². The largest absolute Gasteiger partial charge is 0.340 e. The minimum Gasteiger partial charge on any atom is -0.340 e. The van der Waals surface area contributed by atoms with E-state index in [-0.39, 0.29) is 24.3 Å². The van der Waals surface area contributed by atoms with E-state index in [1.165, 1.54) is 25.7 Å². The number of nitrogens with zero attached hydrogens (tertiary/aromatic N) is 3.